The molecule has 4 nitrogen and oxygen atoms in total. The van der Waals surface area contributed by atoms with Gasteiger partial charge in [0.25, 0.3) is 0 Å². The Morgan fingerprint density at radius 2 is 1.94 bits per heavy atom. The van der Waals surface area contributed by atoms with Crippen molar-refractivity contribution in [2.45, 2.75) is 40.5 Å². The summed E-state index contributed by atoms with van der Waals surface area (Å²) in [7, 11) is 1.94. The number of aromatic nitrogens is 4. The third-order valence-electron chi connectivity index (χ3n) is 2.44. The molecule has 0 aromatic carbocycles. The average molecular weight is 234 g/mol. The molecule has 2 aromatic heterocycles. The average Bonchev–Trinajstić information content (AvgIpc) is 2.87. The van der Waals surface area contributed by atoms with Crippen LogP contribution in [0.4, 0.5) is 0 Å². The van der Waals surface area contributed by atoms with Gasteiger partial charge in [0, 0.05) is 18.9 Å². The molecule has 0 saturated carbocycles. The second-order valence-corrected chi connectivity index (χ2v) is 4.15. The Morgan fingerprint density at radius 3 is 2.35 bits per heavy atom. The highest BCUT2D eigenvalue weighted by Gasteiger charge is 2.11. The maximum absolute atomic E-state index is 4.45. The molecule has 17 heavy (non-hydrogen) atoms. The van der Waals surface area contributed by atoms with E-state index in [-0.39, 0.29) is 0 Å². The van der Waals surface area contributed by atoms with E-state index in [2.05, 4.69) is 35.0 Å². The van der Waals surface area contributed by atoms with Gasteiger partial charge in [0.2, 0.25) is 0 Å². The second-order valence-electron chi connectivity index (χ2n) is 4.15. The maximum Gasteiger partial charge on any atom is 0.155 e. The molecule has 94 valence electrons. The predicted molar refractivity (Wildman–Crippen MR) is 71.0 cm³/mol. The fraction of sp³-hybridized carbons (Fsp3) is 0.538. The van der Waals surface area contributed by atoms with Crippen molar-refractivity contribution < 1.29 is 0 Å². The van der Waals surface area contributed by atoms with Crippen molar-refractivity contribution in [2.75, 3.05) is 0 Å². The van der Waals surface area contributed by atoms with Gasteiger partial charge in [-0.3, -0.25) is 4.68 Å². The second kappa shape index (κ2) is 5.66. The molecule has 2 heterocycles. The molecular weight excluding hydrogens is 212 g/mol. The van der Waals surface area contributed by atoms with Crippen molar-refractivity contribution in [3.8, 4) is 11.5 Å². The van der Waals surface area contributed by atoms with Crippen LogP contribution in [0.3, 0.4) is 0 Å². The molecule has 0 spiro atoms. The van der Waals surface area contributed by atoms with Crippen LogP contribution < -0.4 is 0 Å². The van der Waals surface area contributed by atoms with Gasteiger partial charge in [0.1, 0.15) is 5.69 Å². The smallest absolute Gasteiger partial charge is 0.155 e. The summed E-state index contributed by atoms with van der Waals surface area (Å²) in [5.41, 5.74) is 3.20. The molecule has 1 N–H and O–H groups in total. The predicted octanol–water partition coefficient (Wildman–Crippen LogP) is 3.27. The van der Waals surface area contributed by atoms with Gasteiger partial charge in [-0.25, -0.2) is 4.98 Å². The highest BCUT2D eigenvalue weighted by atomic mass is 15.3. The van der Waals surface area contributed by atoms with Crippen molar-refractivity contribution >= 4 is 0 Å². The fourth-order valence-corrected chi connectivity index (χ4v) is 1.54. The Hall–Kier alpha value is -1.58. The Bertz CT molecular complexity index is 465. The summed E-state index contributed by atoms with van der Waals surface area (Å²) in [6, 6.07) is 2.09. The Labute approximate surface area is 103 Å². The van der Waals surface area contributed by atoms with Gasteiger partial charge in [0.05, 0.1) is 5.69 Å². The van der Waals surface area contributed by atoms with E-state index in [1.165, 1.54) is 0 Å². The molecule has 0 radical (unpaired) electrons. The number of nitrogens with one attached hydrogen (secondary N) is 1. The van der Waals surface area contributed by atoms with Crippen molar-refractivity contribution in [1.82, 2.24) is 19.7 Å². The van der Waals surface area contributed by atoms with Gasteiger partial charge in [0.15, 0.2) is 5.82 Å². The minimum absolute atomic E-state index is 0.445. The lowest BCUT2D eigenvalue weighted by Crippen LogP contribution is -1.96. The molecule has 2 aromatic rings. The topological polar surface area (TPSA) is 46.5 Å². The van der Waals surface area contributed by atoms with Gasteiger partial charge in [-0.15, -0.1) is 0 Å². The molecule has 0 unspecified atom stereocenters. The number of rotatable bonds is 2. The first kappa shape index (κ1) is 13.5. The SMILES string of the molecule is CC.Cc1cnc(-c2cc(C(C)C)nn2C)[nH]1. The highest BCUT2D eigenvalue weighted by Crippen LogP contribution is 2.20. The Balaban J connectivity index is 0.000000686. The lowest BCUT2D eigenvalue weighted by atomic mass is 10.1. The number of aryl methyl sites for hydroxylation is 2. The van der Waals surface area contributed by atoms with Gasteiger partial charge >= 0.3 is 0 Å². The number of aromatic amines is 1. The molecule has 2 rings (SSSR count). The highest BCUT2D eigenvalue weighted by molar-refractivity contribution is 5.51. The van der Waals surface area contributed by atoms with Crippen molar-refractivity contribution in [2.24, 2.45) is 7.05 Å². The summed E-state index contributed by atoms with van der Waals surface area (Å²) in [5, 5.41) is 4.45. The number of hydrogen-bond acceptors (Lipinski definition) is 2. The molecule has 0 aliphatic rings. The zero-order valence-electron chi connectivity index (χ0n) is 11.6. The molecule has 0 amide bonds. The van der Waals surface area contributed by atoms with Crippen LogP contribution in [-0.4, -0.2) is 19.7 Å². The number of nitrogens with zero attached hydrogens (tertiary/aromatic N) is 3. The minimum Gasteiger partial charge on any atom is -0.341 e. The third-order valence-corrected chi connectivity index (χ3v) is 2.44. The zero-order valence-corrected chi connectivity index (χ0v) is 11.6. The van der Waals surface area contributed by atoms with E-state index < -0.39 is 0 Å². The van der Waals surface area contributed by atoms with Crippen LogP contribution in [0, 0.1) is 6.92 Å². The zero-order chi connectivity index (χ0) is 13.0. The standard InChI is InChI=1S/C11H16N4.C2H6/c1-7(2)9-5-10(15(4)14-9)11-12-6-8(3)13-11;1-2/h5-7H,1-4H3,(H,12,13);1-2H3. The van der Waals surface area contributed by atoms with Crippen LogP contribution in [0.25, 0.3) is 11.5 Å². The van der Waals surface area contributed by atoms with Crippen molar-refractivity contribution in [3.63, 3.8) is 0 Å². The molecule has 0 bridgehead atoms. The summed E-state index contributed by atoms with van der Waals surface area (Å²) in [6.07, 6.45) is 1.83. The van der Waals surface area contributed by atoms with Crippen LogP contribution in [0.1, 0.15) is 45.0 Å². The summed E-state index contributed by atoms with van der Waals surface area (Å²) in [6.45, 7) is 10.3. The first-order chi connectivity index (χ1) is 8.08. The van der Waals surface area contributed by atoms with E-state index in [0.29, 0.717) is 5.92 Å². The monoisotopic (exact) mass is 234 g/mol. The molecule has 0 aliphatic carbocycles. The fourth-order valence-electron chi connectivity index (χ4n) is 1.54. The normalized spacial score (nSPS) is 10.3. The van der Waals surface area contributed by atoms with Crippen LogP contribution in [0.5, 0.6) is 0 Å². The molecule has 4 heteroatoms. The largest absolute Gasteiger partial charge is 0.341 e. The maximum atomic E-state index is 4.45. The summed E-state index contributed by atoms with van der Waals surface area (Å²) in [5.74, 6) is 1.33. The van der Waals surface area contributed by atoms with Crippen LogP contribution in [0.2, 0.25) is 0 Å². The molecule has 0 aliphatic heterocycles. The first-order valence-corrected chi connectivity index (χ1v) is 6.14. The minimum atomic E-state index is 0.445. The van der Waals surface area contributed by atoms with E-state index in [9.17, 15) is 0 Å². The Morgan fingerprint density at radius 1 is 1.29 bits per heavy atom. The number of hydrogen-bond donors (Lipinski definition) is 1. The lowest BCUT2D eigenvalue weighted by molar-refractivity contribution is 0.715. The molecule has 0 atom stereocenters. The summed E-state index contributed by atoms with van der Waals surface area (Å²) < 4.78 is 1.87. The number of H-pyrrole nitrogens is 1. The lowest BCUT2D eigenvalue weighted by Gasteiger charge is -1.96. The third kappa shape index (κ3) is 2.96. The quantitative estimate of drug-likeness (QED) is 0.866. The Kier molecular flexibility index (Phi) is 4.49. The van der Waals surface area contributed by atoms with Gasteiger partial charge in [-0.05, 0) is 18.9 Å². The number of imidazole rings is 1. The van der Waals surface area contributed by atoms with Crippen molar-refractivity contribution in [1.29, 1.82) is 0 Å². The van der Waals surface area contributed by atoms with Crippen molar-refractivity contribution in [3.05, 3.63) is 23.7 Å². The van der Waals surface area contributed by atoms with E-state index in [1.54, 1.807) is 0 Å². The first-order valence-electron chi connectivity index (χ1n) is 6.14. The molecule has 0 saturated heterocycles. The van der Waals surface area contributed by atoms with Gasteiger partial charge < -0.3 is 4.98 Å². The summed E-state index contributed by atoms with van der Waals surface area (Å²) >= 11 is 0. The van der Waals surface area contributed by atoms with Gasteiger partial charge in [-0.1, -0.05) is 27.7 Å². The molecule has 0 fully saturated rings. The van der Waals surface area contributed by atoms with E-state index >= 15 is 0 Å². The summed E-state index contributed by atoms with van der Waals surface area (Å²) in [4.78, 5) is 7.52. The van der Waals surface area contributed by atoms with Crippen LogP contribution in [-0.2, 0) is 7.05 Å². The van der Waals surface area contributed by atoms with Gasteiger partial charge in [-0.2, -0.15) is 5.10 Å². The van der Waals surface area contributed by atoms with Crippen LogP contribution >= 0.6 is 0 Å². The van der Waals surface area contributed by atoms with E-state index in [1.807, 2.05) is 38.7 Å². The van der Waals surface area contributed by atoms with Crippen LogP contribution in [0.15, 0.2) is 12.3 Å². The molecular formula is C13H22N4. The van der Waals surface area contributed by atoms with E-state index in [4.69, 9.17) is 0 Å². The van der Waals surface area contributed by atoms with E-state index in [0.717, 1.165) is 22.9 Å².